The van der Waals surface area contributed by atoms with E-state index in [1.165, 1.54) is 13.0 Å². The van der Waals surface area contributed by atoms with Crippen LogP contribution in [-0.4, -0.2) is 6.08 Å². The van der Waals surface area contributed by atoms with Gasteiger partial charge in [0, 0.05) is 10.0 Å². The van der Waals surface area contributed by atoms with Crippen LogP contribution in [0.25, 0.3) is 0 Å². The van der Waals surface area contributed by atoms with E-state index in [2.05, 4.69) is 20.9 Å². The molecule has 0 saturated heterocycles. The number of benzene rings is 1. The van der Waals surface area contributed by atoms with Crippen molar-refractivity contribution in [2.75, 3.05) is 0 Å². The monoisotopic (exact) mass is 243 g/mol. The minimum Gasteiger partial charge on any atom is -0.212 e. The summed E-state index contributed by atoms with van der Waals surface area (Å²) in [4.78, 5) is 13.0. The van der Waals surface area contributed by atoms with Gasteiger partial charge in [-0.05, 0) is 19.1 Å². The quantitative estimate of drug-likeness (QED) is 0.446. The fraction of sp³-hybridized carbons (Fsp3) is 0.222. The zero-order chi connectivity index (χ0) is 9.90. The summed E-state index contributed by atoms with van der Waals surface area (Å²) in [5.74, 6) is -1.99. The van der Waals surface area contributed by atoms with Gasteiger partial charge in [-0.2, -0.15) is 4.99 Å². The van der Waals surface area contributed by atoms with Gasteiger partial charge in [-0.25, -0.2) is 9.18 Å². The first-order valence-corrected chi connectivity index (χ1v) is 4.39. The summed E-state index contributed by atoms with van der Waals surface area (Å²) in [7, 11) is 0. The molecule has 13 heavy (non-hydrogen) atoms. The Kier molecular flexibility index (Phi) is 2.96. The number of nitrogens with zero attached hydrogens (tertiary/aromatic N) is 1. The maximum atomic E-state index is 13.6. The van der Waals surface area contributed by atoms with Gasteiger partial charge in [0.2, 0.25) is 11.9 Å². The Bertz CT molecular complexity index is 358. The molecule has 0 radical (unpaired) electrons. The van der Waals surface area contributed by atoms with E-state index in [1.54, 1.807) is 24.3 Å². The highest BCUT2D eigenvalue weighted by Gasteiger charge is 2.24. The van der Waals surface area contributed by atoms with E-state index in [9.17, 15) is 9.18 Å². The van der Waals surface area contributed by atoms with Crippen LogP contribution in [0.2, 0.25) is 0 Å². The van der Waals surface area contributed by atoms with Crippen molar-refractivity contribution in [3.8, 4) is 0 Å². The third kappa shape index (κ3) is 2.47. The van der Waals surface area contributed by atoms with Gasteiger partial charge in [0.15, 0.2) is 0 Å². The molecule has 0 fully saturated rings. The van der Waals surface area contributed by atoms with Gasteiger partial charge in [-0.3, -0.25) is 0 Å². The Morgan fingerprint density at radius 3 is 2.85 bits per heavy atom. The summed E-state index contributed by atoms with van der Waals surface area (Å²) in [6, 6.07) is 6.58. The number of hydrogen-bond acceptors (Lipinski definition) is 2. The summed E-state index contributed by atoms with van der Waals surface area (Å²) in [6.07, 6.45) is 1.21. The predicted molar refractivity (Wildman–Crippen MR) is 50.7 cm³/mol. The predicted octanol–water partition coefficient (Wildman–Crippen LogP) is 2.93. The second kappa shape index (κ2) is 3.81. The largest absolute Gasteiger partial charge is 0.238 e. The minimum atomic E-state index is -1.99. The third-order valence-electron chi connectivity index (χ3n) is 1.61. The second-order valence-electron chi connectivity index (χ2n) is 2.67. The summed E-state index contributed by atoms with van der Waals surface area (Å²) in [5, 5.41) is 0. The minimum absolute atomic E-state index is 0.324. The lowest BCUT2D eigenvalue weighted by Gasteiger charge is -2.13. The Morgan fingerprint density at radius 2 is 2.31 bits per heavy atom. The average Bonchev–Trinajstić information content (AvgIpc) is 2.04. The Balaban J connectivity index is 3.13. The zero-order valence-corrected chi connectivity index (χ0v) is 8.51. The molecule has 0 spiro atoms. The molecule has 2 nitrogen and oxygen atoms in total. The number of rotatable bonds is 2. The lowest BCUT2D eigenvalue weighted by molar-refractivity contribution is 0.206. The molecular weight excluding hydrogens is 237 g/mol. The van der Waals surface area contributed by atoms with Crippen molar-refractivity contribution >= 4 is 22.0 Å². The van der Waals surface area contributed by atoms with Gasteiger partial charge >= 0.3 is 0 Å². The highest BCUT2D eigenvalue weighted by Crippen LogP contribution is 2.28. The molecule has 0 saturated carbocycles. The highest BCUT2D eigenvalue weighted by molar-refractivity contribution is 9.10. The smallest absolute Gasteiger partial charge is 0.212 e. The van der Waals surface area contributed by atoms with Gasteiger partial charge in [-0.15, -0.1) is 0 Å². The van der Waals surface area contributed by atoms with Crippen molar-refractivity contribution in [1.82, 2.24) is 0 Å². The average molecular weight is 244 g/mol. The van der Waals surface area contributed by atoms with E-state index in [0.29, 0.717) is 5.56 Å². The molecule has 0 amide bonds. The number of halogens is 2. The first-order chi connectivity index (χ1) is 6.06. The van der Waals surface area contributed by atoms with Crippen LogP contribution in [0.15, 0.2) is 33.7 Å². The SMILES string of the molecule is CC(F)(N=C=O)c1cccc(Br)c1. The molecule has 1 atom stereocenters. The third-order valence-corrected chi connectivity index (χ3v) is 2.10. The van der Waals surface area contributed by atoms with Gasteiger partial charge < -0.3 is 0 Å². The van der Waals surface area contributed by atoms with E-state index in [1.807, 2.05) is 0 Å². The number of isocyanates is 1. The van der Waals surface area contributed by atoms with Crippen molar-refractivity contribution in [3.63, 3.8) is 0 Å². The van der Waals surface area contributed by atoms with E-state index >= 15 is 0 Å². The molecule has 0 aliphatic rings. The topological polar surface area (TPSA) is 29.4 Å². The number of carbonyl (C=O) groups excluding carboxylic acids is 1. The number of alkyl halides is 1. The van der Waals surface area contributed by atoms with Crippen molar-refractivity contribution in [2.45, 2.75) is 12.7 Å². The number of hydrogen-bond donors (Lipinski definition) is 0. The molecule has 0 aliphatic carbocycles. The molecule has 1 unspecified atom stereocenters. The molecule has 1 aromatic rings. The van der Waals surface area contributed by atoms with E-state index < -0.39 is 5.79 Å². The summed E-state index contributed by atoms with van der Waals surface area (Å²) >= 11 is 3.20. The Hall–Kier alpha value is -0.990. The maximum Gasteiger partial charge on any atom is 0.238 e. The van der Waals surface area contributed by atoms with Crippen LogP contribution in [0, 0.1) is 0 Å². The Labute approximate surface area is 83.6 Å². The van der Waals surface area contributed by atoms with Gasteiger partial charge in [-0.1, -0.05) is 28.1 Å². The first kappa shape index (κ1) is 10.1. The molecular formula is C9H7BrFNO. The number of aliphatic imine (C=N–C) groups is 1. The van der Waals surface area contributed by atoms with Crippen LogP contribution < -0.4 is 0 Å². The van der Waals surface area contributed by atoms with Crippen molar-refractivity contribution in [2.24, 2.45) is 4.99 Å². The van der Waals surface area contributed by atoms with Crippen LogP contribution in [0.4, 0.5) is 4.39 Å². The van der Waals surface area contributed by atoms with Gasteiger partial charge in [0.05, 0.1) is 0 Å². The molecule has 0 aliphatic heterocycles. The normalized spacial score (nSPS) is 14.4. The van der Waals surface area contributed by atoms with Crippen molar-refractivity contribution in [3.05, 3.63) is 34.3 Å². The first-order valence-electron chi connectivity index (χ1n) is 3.60. The fourth-order valence-corrected chi connectivity index (χ4v) is 1.32. The maximum absolute atomic E-state index is 13.6. The van der Waals surface area contributed by atoms with Gasteiger partial charge in [0.25, 0.3) is 0 Å². The Morgan fingerprint density at radius 1 is 1.62 bits per heavy atom. The molecule has 68 valence electrons. The lowest BCUT2D eigenvalue weighted by Crippen LogP contribution is -2.10. The zero-order valence-electron chi connectivity index (χ0n) is 6.92. The second-order valence-corrected chi connectivity index (χ2v) is 3.58. The van der Waals surface area contributed by atoms with E-state index in [0.717, 1.165) is 4.47 Å². The van der Waals surface area contributed by atoms with E-state index in [-0.39, 0.29) is 0 Å². The van der Waals surface area contributed by atoms with Crippen molar-refractivity contribution < 1.29 is 9.18 Å². The molecule has 0 heterocycles. The highest BCUT2D eigenvalue weighted by atomic mass is 79.9. The van der Waals surface area contributed by atoms with Crippen LogP contribution in [-0.2, 0) is 10.6 Å². The lowest BCUT2D eigenvalue weighted by atomic mass is 10.1. The van der Waals surface area contributed by atoms with Gasteiger partial charge in [0.1, 0.15) is 0 Å². The standard InChI is InChI=1S/C9H7BrFNO/c1-9(11,12-6-13)7-3-2-4-8(10)5-7/h2-5H,1H3. The molecule has 1 aromatic carbocycles. The molecule has 0 aromatic heterocycles. The van der Waals surface area contributed by atoms with E-state index in [4.69, 9.17) is 0 Å². The summed E-state index contributed by atoms with van der Waals surface area (Å²) in [5.41, 5.74) is 0.324. The van der Waals surface area contributed by atoms with Crippen LogP contribution >= 0.6 is 15.9 Å². The van der Waals surface area contributed by atoms with Crippen molar-refractivity contribution in [1.29, 1.82) is 0 Å². The summed E-state index contributed by atoms with van der Waals surface area (Å²) < 4.78 is 14.3. The van der Waals surface area contributed by atoms with Crippen LogP contribution in [0.3, 0.4) is 0 Å². The summed E-state index contributed by atoms with van der Waals surface area (Å²) in [6.45, 7) is 1.21. The fourth-order valence-electron chi connectivity index (χ4n) is 0.923. The molecule has 0 N–H and O–H groups in total. The molecule has 0 bridgehead atoms. The van der Waals surface area contributed by atoms with Crippen LogP contribution in [0.5, 0.6) is 0 Å². The van der Waals surface area contributed by atoms with Crippen LogP contribution in [0.1, 0.15) is 12.5 Å². The molecule has 4 heteroatoms. The molecule has 1 rings (SSSR count).